The Morgan fingerprint density at radius 1 is 1.54 bits per heavy atom. The molecular weight excluding hydrogens is 164 g/mol. The van der Waals surface area contributed by atoms with Crippen LogP contribution in [0.25, 0.3) is 6.08 Å². The molecule has 0 heterocycles. The fourth-order valence-corrected chi connectivity index (χ4v) is 0.955. The predicted octanol–water partition coefficient (Wildman–Crippen LogP) is 2.15. The van der Waals surface area contributed by atoms with Crippen LogP contribution in [0.3, 0.4) is 0 Å². The van der Waals surface area contributed by atoms with Crippen LogP contribution in [0.4, 0.5) is 0 Å². The van der Waals surface area contributed by atoms with Gasteiger partial charge in [-0.3, -0.25) is 0 Å². The SMILES string of the molecule is C=Cc1[c]cccc1OCCOC. The average Bonchev–Trinajstić information content (AvgIpc) is 2.19. The van der Waals surface area contributed by atoms with Crippen LogP contribution >= 0.6 is 0 Å². The Bertz CT molecular complexity index is 269. The van der Waals surface area contributed by atoms with Gasteiger partial charge in [0.2, 0.25) is 0 Å². The second-order valence-corrected chi connectivity index (χ2v) is 2.49. The predicted molar refractivity (Wildman–Crippen MR) is 52.7 cm³/mol. The monoisotopic (exact) mass is 177 g/mol. The Labute approximate surface area is 78.8 Å². The van der Waals surface area contributed by atoms with E-state index in [4.69, 9.17) is 9.47 Å². The smallest absolute Gasteiger partial charge is 0.127 e. The molecule has 1 aromatic carbocycles. The summed E-state index contributed by atoms with van der Waals surface area (Å²) in [6.07, 6.45) is 1.72. The highest BCUT2D eigenvalue weighted by Crippen LogP contribution is 2.17. The molecule has 2 nitrogen and oxygen atoms in total. The Kier molecular flexibility index (Phi) is 4.06. The van der Waals surface area contributed by atoms with E-state index in [1.54, 1.807) is 13.2 Å². The van der Waals surface area contributed by atoms with E-state index in [1.165, 1.54) is 0 Å². The number of methoxy groups -OCH3 is 1. The van der Waals surface area contributed by atoms with Gasteiger partial charge in [0, 0.05) is 12.7 Å². The van der Waals surface area contributed by atoms with Crippen LogP contribution in [-0.4, -0.2) is 20.3 Å². The van der Waals surface area contributed by atoms with Gasteiger partial charge in [-0.05, 0) is 12.1 Å². The summed E-state index contributed by atoms with van der Waals surface area (Å²) >= 11 is 0. The van der Waals surface area contributed by atoms with Gasteiger partial charge >= 0.3 is 0 Å². The summed E-state index contributed by atoms with van der Waals surface area (Å²) in [5, 5.41) is 0. The molecule has 0 amide bonds. The third-order valence-corrected chi connectivity index (χ3v) is 1.60. The summed E-state index contributed by atoms with van der Waals surface area (Å²) in [4.78, 5) is 0. The van der Waals surface area contributed by atoms with Gasteiger partial charge in [0.05, 0.1) is 6.61 Å². The summed E-state index contributed by atoms with van der Waals surface area (Å²) in [6, 6.07) is 8.64. The summed E-state index contributed by atoms with van der Waals surface area (Å²) in [5.74, 6) is 0.801. The Morgan fingerprint density at radius 2 is 2.38 bits per heavy atom. The highest BCUT2D eigenvalue weighted by molar-refractivity contribution is 5.54. The quantitative estimate of drug-likeness (QED) is 0.641. The first-order chi connectivity index (χ1) is 6.38. The lowest BCUT2D eigenvalue weighted by Gasteiger charge is -2.07. The van der Waals surface area contributed by atoms with Crippen molar-refractivity contribution in [3.8, 4) is 5.75 Å². The van der Waals surface area contributed by atoms with Crippen molar-refractivity contribution in [2.24, 2.45) is 0 Å². The molecule has 69 valence electrons. The summed E-state index contributed by atoms with van der Waals surface area (Å²) < 4.78 is 10.3. The number of hydrogen-bond acceptors (Lipinski definition) is 2. The van der Waals surface area contributed by atoms with Gasteiger partial charge in [-0.2, -0.15) is 0 Å². The van der Waals surface area contributed by atoms with Crippen molar-refractivity contribution in [3.63, 3.8) is 0 Å². The zero-order valence-corrected chi connectivity index (χ0v) is 7.75. The minimum Gasteiger partial charge on any atom is -0.491 e. The van der Waals surface area contributed by atoms with Crippen molar-refractivity contribution in [1.82, 2.24) is 0 Å². The van der Waals surface area contributed by atoms with Crippen LogP contribution in [0.1, 0.15) is 5.56 Å². The Morgan fingerprint density at radius 3 is 3.08 bits per heavy atom. The topological polar surface area (TPSA) is 18.5 Å². The molecule has 13 heavy (non-hydrogen) atoms. The standard InChI is InChI=1S/C11H13O2/c1-3-10-6-4-5-7-11(10)13-9-8-12-2/h3-5,7H,1,8-9H2,2H3. The van der Waals surface area contributed by atoms with Gasteiger partial charge in [-0.25, -0.2) is 0 Å². The lowest BCUT2D eigenvalue weighted by Crippen LogP contribution is -2.04. The van der Waals surface area contributed by atoms with Crippen LogP contribution < -0.4 is 4.74 Å². The van der Waals surface area contributed by atoms with E-state index >= 15 is 0 Å². The molecule has 0 N–H and O–H groups in total. The van der Waals surface area contributed by atoms with E-state index in [0.29, 0.717) is 13.2 Å². The van der Waals surface area contributed by atoms with Gasteiger partial charge in [0.15, 0.2) is 0 Å². The fraction of sp³-hybridized carbons (Fsp3) is 0.273. The minimum absolute atomic E-state index is 0.551. The molecule has 0 spiro atoms. The van der Waals surface area contributed by atoms with Crippen LogP contribution in [0, 0.1) is 6.07 Å². The molecule has 0 atom stereocenters. The van der Waals surface area contributed by atoms with E-state index in [9.17, 15) is 0 Å². The van der Waals surface area contributed by atoms with Crippen molar-refractivity contribution in [2.75, 3.05) is 20.3 Å². The third kappa shape index (κ3) is 2.92. The van der Waals surface area contributed by atoms with E-state index in [-0.39, 0.29) is 0 Å². The molecule has 1 rings (SSSR count). The minimum atomic E-state index is 0.551. The molecule has 1 aromatic rings. The van der Waals surface area contributed by atoms with E-state index < -0.39 is 0 Å². The molecule has 0 unspecified atom stereocenters. The fourth-order valence-electron chi connectivity index (χ4n) is 0.955. The summed E-state index contributed by atoms with van der Waals surface area (Å²) in [5.41, 5.74) is 0.888. The van der Waals surface area contributed by atoms with Crippen LogP contribution in [0.2, 0.25) is 0 Å². The molecule has 0 aliphatic carbocycles. The molecule has 0 aromatic heterocycles. The van der Waals surface area contributed by atoms with E-state index in [2.05, 4.69) is 12.6 Å². The first kappa shape index (κ1) is 9.81. The van der Waals surface area contributed by atoms with E-state index in [1.807, 2.05) is 18.2 Å². The second kappa shape index (κ2) is 5.38. The van der Waals surface area contributed by atoms with Gasteiger partial charge in [0.25, 0.3) is 0 Å². The maximum atomic E-state index is 5.44. The van der Waals surface area contributed by atoms with Gasteiger partial charge < -0.3 is 9.47 Å². The van der Waals surface area contributed by atoms with Crippen molar-refractivity contribution < 1.29 is 9.47 Å². The number of rotatable bonds is 5. The zero-order valence-electron chi connectivity index (χ0n) is 7.75. The van der Waals surface area contributed by atoms with Crippen LogP contribution in [0.5, 0.6) is 5.75 Å². The van der Waals surface area contributed by atoms with Crippen molar-refractivity contribution in [2.45, 2.75) is 0 Å². The average molecular weight is 177 g/mol. The van der Waals surface area contributed by atoms with E-state index in [0.717, 1.165) is 11.3 Å². The Balaban J connectivity index is 2.59. The largest absolute Gasteiger partial charge is 0.491 e. The van der Waals surface area contributed by atoms with Crippen molar-refractivity contribution in [3.05, 3.63) is 36.4 Å². The lowest BCUT2D eigenvalue weighted by atomic mass is 10.2. The number of benzene rings is 1. The highest BCUT2D eigenvalue weighted by Gasteiger charge is 1.97. The molecule has 0 fully saturated rings. The molecule has 0 aliphatic heterocycles. The molecular formula is C11H13O2. The van der Waals surface area contributed by atoms with Gasteiger partial charge in [-0.1, -0.05) is 24.8 Å². The molecule has 2 heteroatoms. The maximum Gasteiger partial charge on any atom is 0.127 e. The van der Waals surface area contributed by atoms with Gasteiger partial charge in [0.1, 0.15) is 12.4 Å². The van der Waals surface area contributed by atoms with Gasteiger partial charge in [-0.15, -0.1) is 0 Å². The lowest BCUT2D eigenvalue weighted by molar-refractivity contribution is 0.146. The normalized spacial score (nSPS) is 9.62. The van der Waals surface area contributed by atoms with Crippen LogP contribution in [0.15, 0.2) is 24.8 Å². The highest BCUT2D eigenvalue weighted by atomic mass is 16.5. The molecule has 0 saturated heterocycles. The van der Waals surface area contributed by atoms with Crippen LogP contribution in [-0.2, 0) is 4.74 Å². The molecule has 0 bridgehead atoms. The molecule has 0 saturated carbocycles. The molecule has 1 radical (unpaired) electrons. The Hall–Kier alpha value is -1.28. The first-order valence-corrected chi connectivity index (χ1v) is 4.13. The first-order valence-electron chi connectivity index (χ1n) is 4.13. The number of hydrogen-bond donors (Lipinski definition) is 0. The van der Waals surface area contributed by atoms with Crippen molar-refractivity contribution >= 4 is 6.08 Å². The summed E-state index contributed by atoms with van der Waals surface area (Å²) in [7, 11) is 1.65. The maximum absolute atomic E-state index is 5.44. The second-order valence-electron chi connectivity index (χ2n) is 2.49. The zero-order chi connectivity index (χ0) is 9.52. The summed E-state index contributed by atoms with van der Waals surface area (Å²) in [6.45, 7) is 4.82. The number of ether oxygens (including phenoxy) is 2. The van der Waals surface area contributed by atoms with Crippen molar-refractivity contribution in [1.29, 1.82) is 0 Å². The third-order valence-electron chi connectivity index (χ3n) is 1.60. The molecule has 0 aliphatic rings.